The predicted molar refractivity (Wildman–Crippen MR) is 64.1 cm³/mol. The Hall–Kier alpha value is -1.74. The van der Waals surface area contributed by atoms with Gasteiger partial charge in [0.2, 0.25) is 0 Å². The van der Waals surface area contributed by atoms with Crippen LogP contribution < -0.4 is 5.32 Å². The lowest BCUT2D eigenvalue weighted by Crippen LogP contribution is -2.24. The van der Waals surface area contributed by atoms with Crippen LogP contribution in [-0.4, -0.2) is 25.8 Å². The van der Waals surface area contributed by atoms with Crippen molar-refractivity contribution in [3.8, 4) is 0 Å². The number of nitrogens with one attached hydrogen (secondary N) is 1. The largest absolute Gasteiger partial charge is 0.352 e. The molecule has 0 saturated heterocycles. The van der Waals surface area contributed by atoms with Gasteiger partial charge in [0.05, 0.1) is 10.5 Å². The first-order valence-corrected chi connectivity index (χ1v) is 7.20. The van der Waals surface area contributed by atoms with Crippen molar-refractivity contribution < 1.29 is 22.5 Å². The van der Waals surface area contributed by atoms with Gasteiger partial charge in [-0.1, -0.05) is 0 Å². The van der Waals surface area contributed by atoms with Crippen LogP contribution in [0, 0.1) is 15.9 Å². The summed E-state index contributed by atoms with van der Waals surface area (Å²) >= 11 is 0. The fraction of sp³-hybridized carbons (Fsp3) is 0.222. The highest BCUT2D eigenvalue weighted by molar-refractivity contribution is 8.13. The van der Waals surface area contributed by atoms with Crippen LogP contribution in [0.5, 0.6) is 0 Å². The van der Waals surface area contributed by atoms with Crippen molar-refractivity contribution in [1.82, 2.24) is 5.32 Å². The van der Waals surface area contributed by atoms with Gasteiger partial charge in [0.15, 0.2) is 5.82 Å². The lowest BCUT2D eigenvalue weighted by Gasteiger charge is -2.06. The molecule has 0 aliphatic rings. The third kappa shape index (κ3) is 3.38. The summed E-state index contributed by atoms with van der Waals surface area (Å²) in [5.74, 6) is -2.39. The maximum atomic E-state index is 13.8. The minimum atomic E-state index is -4.55. The normalized spacial score (nSPS) is 11.1. The molecule has 0 spiro atoms. The van der Waals surface area contributed by atoms with Crippen molar-refractivity contribution in [3.63, 3.8) is 0 Å². The first-order valence-electron chi connectivity index (χ1n) is 4.89. The maximum Gasteiger partial charge on any atom is 0.271 e. The number of nitro benzene ring substituents is 1. The summed E-state index contributed by atoms with van der Waals surface area (Å²) in [6.45, 7) is 1.69. The molecule has 0 fully saturated rings. The fourth-order valence-corrected chi connectivity index (χ4v) is 2.21. The van der Waals surface area contributed by atoms with Crippen molar-refractivity contribution in [1.29, 1.82) is 0 Å². The molecule has 0 atom stereocenters. The molecule has 1 aromatic carbocycles. The van der Waals surface area contributed by atoms with Crippen LogP contribution in [0.2, 0.25) is 0 Å². The molecule has 0 aliphatic heterocycles. The second kappa shape index (κ2) is 5.49. The molecule has 1 rings (SSSR count). The van der Waals surface area contributed by atoms with E-state index in [0.717, 1.165) is 0 Å². The van der Waals surface area contributed by atoms with Gasteiger partial charge >= 0.3 is 0 Å². The molecule has 1 amide bonds. The summed E-state index contributed by atoms with van der Waals surface area (Å²) in [7, 11) is 0.424. The number of rotatable bonds is 4. The molecule has 19 heavy (non-hydrogen) atoms. The number of nitrogens with zero attached hydrogens (tertiary/aromatic N) is 1. The zero-order chi connectivity index (χ0) is 14.8. The second-order valence-electron chi connectivity index (χ2n) is 3.36. The standard InChI is InChI=1S/C9H8ClFN2O5S/c1-2-12-9(14)6-3-5(13(15)16)4-7(8(6)11)19(10,17)18/h3-4H,2H2,1H3,(H,12,14). The lowest BCUT2D eigenvalue weighted by molar-refractivity contribution is -0.385. The van der Waals surface area contributed by atoms with Crippen molar-refractivity contribution in [2.45, 2.75) is 11.8 Å². The monoisotopic (exact) mass is 310 g/mol. The Labute approximate surface area is 111 Å². The minimum Gasteiger partial charge on any atom is -0.352 e. The Kier molecular flexibility index (Phi) is 4.43. The Balaban J connectivity index is 3.60. The molecule has 1 aromatic rings. The number of carbonyl (C=O) groups excluding carboxylic acids is 1. The highest BCUT2D eigenvalue weighted by Gasteiger charge is 2.27. The van der Waals surface area contributed by atoms with Crippen LogP contribution in [0.25, 0.3) is 0 Å². The summed E-state index contributed by atoms with van der Waals surface area (Å²) in [4.78, 5) is 20.1. The van der Waals surface area contributed by atoms with E-state index < -0.39 is 41.8 Å². The van der Waals surface area contributed by atoms with Gasteiger partial charge in [0.25, 0.3) is 20.6 Å². The molecular weight excluding hydrogens is 303 g/mol. The average molecular weight is 311 g/mol. The Morgan fingerprint density at radius 3 is 2.53 bits per heavy atom. The highest BCUT2D eigenvalue weighted by Crippen LogP contribution is 2.27. The van der Waals surface area contributed by atoms with Crippen molar-refractivity contribution >= 4 is 31.3 Å². The quantitative estimate of drug-likeness (QED) is 0.514. The zero-order valence-electron chi connectivity index (χ0n) is 9.51. The second-order valence-corrected chi connectivity index (χ2v) is 5.89. The third-order valence-corrected chi connectivity index (χ3v) is 3.40. The van der Waals surface area contributed by atoms with Gasteiger partial charge in [-0.3, -0.25) is 14.9 Å². The molecule has 0 unspecified atom stereocenters. The van der Waals surface area contributed by atoms with E-state index in [9.17, 15) is 27.7 Å². The van der Waals surface area contributed by atoms with E-state index in [1.807, 2.05) is 0 Å². The minimum absolute atomic E-state index is 0.143. The summed E-state index contributed by atoms with van der Waals surface area (Å²) in [5, 5.41) is 12.8. The molecule has 10 heteroatoms. The third-order valence-electron chi connectivity index (χ3n) is 2.08. The molecule has 1 N–H and O–H groups in total. The SMILES string of the molecule is CCNC(=O)c1cc([N+](=O)[O-])cc(S(=O)(=O)Cl)c1F. The van der Waals surface area contributed by atoms with Gasteiger partial charge in [-0.05, 0) is 6.92 Å². The Morgan fingerprint density at radius 1 is 1.53 bits per heavy atom. The van der Waals surface area contributed by atoms with Gasteiger partial charge in [0.1, 0.15) is 4.90 Å². The van der Waals surface area contributed by atoms with Gasteiger partial charge in [-0.15, -0.1) is 0 Å². The van der Waals surface area contributed by atoms with Crippen molar-refractivity contribution in [2.75, 3.05) is 6.54 Å². The number of carbonyl (C=O) groups is 1. The van der Waals surface area contributed by atoms with E-state index in [1.165, 1.54) is 0 Å². The average Bonchev–Trinajstić information content (AvgIpc) is 2.27. The molecule has 7 nitrogen and oxygen atoms in total. The molecule has 0 aliphatic carbocycles. The summed E-state index contributed by atoms with van der Waals surface area (Å²) in [5.41, 5.74) is -1.50. The van der Waals surface area contributed by atoms with Crippen molar-refractivity contribution in [2.24, 2.45) is 0 Å². The maximum absolute atomic E-state index is 13.8. The Morgan fingerprint density at radius 2 is 2.11 bits per heavy atom. The Bertz CT molecular complexity index is 646. The van der Waals surface area contributed by atoms with Crippen LogP contribution in [0.15, 0.2) is 17.0 Å². The summed E-state index contributed by atoms with van der Waals surface area (Å²) in [6.07, 6.45) is 0. The van der Waals surface area contributed by atoms with Crippen LogP contribution in [0.1, 0.15) is 17.3 Å². The highest BCUT2D eigenvalue weighted by atomic mass is 35.7. The number of non-ortho nitro benzene ring substituents is 1. The molecule has 104 valence electrons. The number of benzene rings is 1. The van der Waals surface area contributed by atoms with E-state index in [4.69, 9.17) is 10.7 Å². The molecule has 0 radical (unpaired) electrons. The van der Waals surface area contributed by atoms with Gasteiger partial charge < -0.3 is 5.32 Å². The summed E-state index contributed by atoms with van der Waals surface area (Å²) in [6, 6.07) is 1.10. The van der Waals surface area contributed by atoms with E-state index in [1.54, 1.807) is 6.92 Å². The van der Waals surface area contributed by atoms with E-state index >= 15 is 0 Å². The molecular formula is C9H8ClFN2O5S. The van der Waals surface area contributed by atoms with Gasteiger partial charge in [-0.2, -0.15) is 0 Å². The summed E-state index contributed by atoms with van der Waals surface area (Å²) < 4.78 is 36.1. The van der Waals surface area contributed by atoms with E-state index in [2.05, 4.69) is 5.32 Å². The first kappa shape index (κ1) is 15.3. The van der Waals surface area contributed by atoms with Crippen LogP contribution in [0.3, 0.4) is 0 Å². The van der Waals surface area contributed by atoms with Crippen molar-refractivity contribution in [3.05, 3.63) is 33.6 Å². The first-order chi connectivity index (χ1) is 8.68. The van der Waals surface area contributed by atoms with E-state index in [0.29, 0.717) is 12.1 Å². The van der Waals surface area contributed by atoms with Gasteiger partial charge in [0, 0.05) is 29.4 Å². The predicted octanol–water partition coefficient (Wildman–Crippen LogP) is 1.41. The zero-order valence-corrected chi connectivity index (χ0v) is 11.1. The van der Waals surface area contributed by atoms with Crippen LogP contribution >= 0.6 is 10.7 Å². The van der Waals surface area contributed by atoms with E-state index in [-0.39, 0.29) is 6.54 Å². The van der Waals surface area contributed by atoms with Gasteiger partial charge in [-0.25, -0.2) is 12.8 Å². The number of nitro groups is 1. The van der Waals surface area contributed by atoms with Crippen LogP contribution in [0.4, 0.5) is 10.1 Å². The number of halogens is 2. The lowest BCUT2D eigenvalue weighted by atomic mass is 10.1. The molecule has 0 bridgehead atoms. The topological polar surface area (TPSA) is 106 Å². The molecule has 0 saturated carbocycles. The number of hydrogen-bond acceptors (Lipinski definition) is 5. The smallest absolute Gasteiger partial charge is 0.271 e. The molecule has 0 aromatic heterocycles. The van der Waals surface area contributed by atoms with Crippen LogP contribution in [-0.2, 0) is 9.05 Å². The molecule has 0 heterocycles. The number of amides is 1. The number of hydrogen-bond donors (Lipinski definition) is 1. The fourth-order valence-electron chi connectivity index (χ4n) is 1.29.